The van der Waals surface area contributed by atoms with E-state index < -0.39 is 0 Å². The SMILES string of the molecule is COc1cccc2c(CCCN)onc12. The molecule has 0 radical (unpaired) electrons. The summed E-state index contributed by atoms with van der Waals surface area (Å²) in [4.78, 5) is 0. The molecule has 4 nitrogen and oxygen atoms in total. The normalized spacial score (nSPS) is 10.8. The maximum atomic E-state index is 5.46. The predicted octanol–water partition coefficient (Wildman–Crippen LogP) is 1.73. The fraction of sp³-hybridized carbons (Fsp3) is 0.364. The number of nitrogens with zero attached hydrogens (tertiary/aromatic N) is 1. The van der Waals surface area contributed by atoms with Crippen LogP contribution in [-0.4, -0.2) is 18.8 Å². The first-order valence-corrected chi connectivity index (χ1v) is 4.98. The molecule has 0 unspecified atom stereocenters. The topological polar surface area (TPSA) is 61.3 Å². The average Bonchev–Trinajstić information content (AvgIpc) is 2.69. The van der Waals surface area contributed by atoms with Gasteiger partial charge in [0.2, 0.25) is 0 Å². The molecule has 80 valence electrons. The van der Waals surface area contributed by atoms with Crippen LogP contribution in [0.4, 0.5) is 0 Å². The third-order valence-electron chi connectivity index (χ3n) is 2.37. The Labute approximate surface area is 88.0 Å². The van der Waals surface area contributed by atoms with Gasteiger partial charge in [0, 0.05) is 11.8 Å². The molecule has 0 atom stereocenters. The zero-order valence-corrected chi connectivity index (χ0v) is 8.69. The van der Waals surface area contributed by atoms with Crippen LogP contribution in [0.5, 0.6) is 5.75 Å². The Balaban J connectivity index is 2.42. The Bertz CT molecular complexity index is 451. The summed E-state index contributed by atoms with van der Waals surface area (Å²) in [6, 6.07) is 5.79. The van der Waals surface area contributed by atoms with E-state index >= 15 is 0 Å². The van der Waals surface area contributed by atoms with Crippen molar-refractivity contribution in [2.45, 2.75) is 12.8 Å². The monoisotopic (exact) mass is 206 g/mol. The van der Waals surface area contributed by atoms with Crippen LogP contribution in [0, 0.1) is 0 Å². The van der Waals surface area contributed by atoms with E-state index in [0.29, 0.717) is 6.54 Å². The first-order chi connectivity index (χ1) is 7.36. The van der Waals surface area contributed by atoms with Gasteiger partial charge in [-0.25, -0.2) is 0 Å². The van der Waals surface area contributed by atoms with Crippen LogP contribution in [0.1, 0.15) is 12.2 Å². The molecule has 0 saturated heterocycles. The van der Waals surface area contributed by atoms with Gasteiger partial charge in [-0.15, -0.1) is 0 Å². The summed E-state index contributed by atoms with van der Waals surface area (Å²) in [5.41, 5.74) is 6.24. The minimum absolute atomic E-state index is 0.659. The number of aromatic nitrogens is 1. The third kappa shape index (κ3) is 1.80. The van der Waals surface area contributed by atoms with E-state index in [9.17, 15) is 0 Å². The molecule has 0 spiro atoms. The van der Waals surface area contributed by atoms with Gasteiger partial charge in [0.1, 0.15) is 11.5 Å². The number of aryl methyl sites for hydroxylation is 1. The van der Waals surface area contributed by atoms with Gasteiger partial charge in [-0.1, -0.05) is 11.2 Å². The van der Waals surface area contributed by atoms with E-state index in [0.717, 1.165) is 35.3 Å². The number of fused-ring (bicyclic) bond motifs is 1. The molecule has 0 bridgehead atoms. The summed E-state index contributed by atoms with van der Waals surface area (Å²) in [6.45, 7) is 0.659. The summed E-state index contributed by atoms with van der Waals surface area (Å²) in [5, 5.41) is 5.02. The van der Waals surface area contributed by atoms with E-state index in [2.05, 4.69) is 5.16 Å². The van der Waals surface area contributed by atoms with Crippen molar-refractivity contribution in [2.24, 2.45) is 5.73 Å². The molecule has 2 N–H and O–H groups in total. The van der Waals surface area contributed by atoms with Crippen LogP contribution < -0.4 is 10.5 Å². The second-order valence-electron chi connectivity index (χ2n) is 3.35. The first kappa shape index (κ1) is 9.98. The highest BCUT2D eigenvalue weighted by Gasteiger charge is 2.11. The maximum Gasteiger partial charge on any atom is 0.156 e. The summed E-state index contributed by atoms with van der Waals surface area (Å²) < 4.78 is 10.5. The minimum Gasteiger partial charge on any atom is -0.494 e. The van der Waals surface area contributed by atoms with Gasteiger partial charge in [-0.2, -0.15) is 0 Å². The Kier molecular flexibility index (Phi) is 2.87. The standard InChI is InChI=1S/C11H14N2O2/c1-14-10-5-2-4-8-9(6-3-7-12)15-13-11(8)10/h2,4-5H,3,6-7,12H2,1H3. The molecule has 0 saturated carbocycles. The highest BCUT2D eigenvalue weighted by molar-refractivity contribution is 5.85. The van der Waals surface area contributed by atoms with Gasteiger partial charge in [-0.05, 0) is 25.1 Å². The van der Waals surface area contributed by atoms with Crippen LogP contribution in [-0.2, 0) is 6.42 Å². The molecular formula is C11H14N2O2. The first-order valence-electron chi connectivity index (χ1n) is 4.98. The van der Waals surface area contributed by atoms with Crippen molar-refractivity contribution in [3.05, 3.63) is 24.0 Å². The van der Waals surface area contributed by atoms with Gasteiger partial charge in [-0.3, -0.25) is 0 Å². The highest BCUT2D eigenvalue weighted by Crippen LogP contribution is 2.27. The Morgan fingerprint density at radius 3 is 3.07 bits per heavy atom. The number of methoxy groups -OCH3 is 1. The zero-order chi connectivity index (χ0) is 10.7. The number of hydrogen-bond acceptors (Lipinski definition) is 4. The molecule has 1 aromatic carbocycles. The third-order valence-corrected chi connectivity index (χ3v) is 2.37. The Morgan fingerprint density at radius 2 is 2.33 bits per heavy atom. The molecule has 2 rings (SSSR count). The van der Waals surface area contributed by atoms with Crippen LogP contribution in [0.15, 0.2) is 22.7 Å². The molecule has 0 aliphatic carbocycles. The van der Waals surface area contributed by atoms with Gasteiger partial charge < -0.3 is 15.0 Å². The van der Waals surface area contributed by atoms with Gasteiger partial charge >= 0.3 is 0 Å². The average molecular weight is 206 g/mol. The van der Waals surface area contributed by atoms with Crippen LogP contribution in [0.25, 0.3) is 10.9 Å². The van der Waals surface area contributed by atoms with Gasteiger partial charge in [0.05, 0.1) is 7.11 Å². The second kappa shape index (κ2) is 4.31. The van der Waals surface area contributed by atoms with E-state index in [1.54, 1.807) is 7.11 Å². The zero-order valence-electron chi connectivity index (χ0n) is 8.69. The molecule has 2 aromatic rings. The summed E-state index contributed by atoms with van der Waals surface area (Å²) in [5.74, 6) is 1.63. The number of ether oxygens (including phenoxy) is 1. The number of hydrogen-bond donors (Lipinski definition) is 1. The fourth-order valence-corrected chi connectivity index (χ4v) is 1.60. The Morgan fingerprint density at radius 1 is 1.47 bits per heavy atom. The van der Waals surface area contributed by atoms with Crippen molar-refractivity contribution < 1.29 is 9.26 Å². The number of benzene rings is 1. The van der Waals surface area contributed by atoms with E-state index in [1.165, 1.54) is 0 Å². The van der Waals surface area contributed by atoms with Crippen molar-refractivity contribution >= 4 is 10.9 Å². The lowest BCUT2D eigenvalue weighted by molar-refractivity contribution is 0.381. The molecule has 0 fully saturated rings. The fourth-order valence-electron chi connectivity index (χ4n) is 1.60. The summed E-state index contributed by atoms with van der Waals surface area (Å²) in [7, 11) is 1.63. The predicted molar refractivity (Wildman–Crippen MR) is 57.9 cm³/mol. The van der Waals surface area contributed by atoms with Crippen molar-refractivity contribution in [1.82, 2.24) is 5.16 Å². The second-order valence-corrected chi connectivity index (χ2v) is 3.35. The van der Waals surface area contributed by atoms with E-state index in [4.69, 9.17) is 15.0 Å². The molecule has 1 heterocycles. The van der Waals surface area contributed by atoms with Crippen molar-refractivity contribution in [3.63, 3.8) is 0 Å². The summed E-state index contributed by atoms with van der Waals surface area (Å²) >= 11 is 0. The summed E-state index contributed by atoms with van der Waals surface area (Å²) in [6.07, 6.45) is 1.72. The van der Waals surface area contributed by atoms with E-state index in [1.807, 2.05) is 18.2 Å². The number of nitrogens with two attached hydrogens (primary N) is 1. The molecule has 4 heteroatoms. The molecule has 15 heavy (non-hydrogen) atoms. The van der Waals surface area contributed by atoms with Crippen molar-refractivity contribution in [1.29, 1.82) is 0 Å². The lowest BCUT2D eigenvalue weighted by Crippen LogP contribution is -1.99. The molecular weight excluding hydrogens is 192 g/mol. The lowest BCUT2D eigenvalue weighted by Gasteiger charge is -1.98. The quantitative estimate of drug-likeness (QED) is 0.827. The van der Waals surface area contributed by atoms with Crippen LogP contribution >= 0.6 is 0 Å². The molecule has 0 aliphatic rings. The lowest BCUT2D eigenvalue weighted by atomic mass is 10.1. The van der Waals surface area contributed by atoms with E-state index in [-0.39, 0.29) is 0 Å². The van der Waals surface area contributed by atoms with Gasteiger partial charge in [0.25, 0.3) is 0 Å². The van der Waals surface area contributed by atoms with Crippen LogP contribution in [0.3, 0.4) is 0 Å². The van der Waals surface area contributed by atoms with Crippen LogP contribution in [0.2, 0.25) is 0 Å². The van der Waals surface area contributed by atoms with Crippen molar-refractivity contribution in [2.75, 3.05) is 13.7 Å². The minimum atomic E-state index is 0.659. The largest absolute Gasteiger partial charge is 0.494 e. The molecule has 0 aliphatic heterocycles. The van der Waals surface area contributed by atoms with Crippen molar-refractivity contribution in [3.8, 4) is 5.75 Å². The molecule has 0 amide bonds. The Hall–Kier alpha value is -1.55. The maximum absolute atomic E-state index is 5.46. The van der Waals surface area contributed by atoms with Gasteiger partial charge in [0.15, 0.2) is 5.52 Å². The molecule has 1 aromatic heterocycles. The smallest absolute Gasteiger partial charge is 0.156 e. The number of rotatable bonds is 4. The highest BCUT2D eigenvalue weighted by atomic mass is 16.5.